The van der Waals surface area contributed by atoms with Gasteiger partial charge in [-0.2, -0.15) is 0 Å². The second-order valence-corrected chi connectivity index (χ2v) is 4.02. The summed E-state index contributed by atoms with van der Waals surface area (Å²) in [5.41, 5.74) is -0.0613. The van der Waals surface area contributed by atoms with E-state index in [9.17, 15) is 4.79 Å². The third-order valence-corrected chi connectivity index (χ3v) is 2.82. The Balaban J connectivity index is 2.48. The molecule has 0 aromatic rings. The summed E-state index contributed by atoms with van der Waals surface area (Å²) in [6.45, 7) is 5.14. The number of unbranched alkanes of at least 4 members (excludes halogenated alkanes) is 1. The van der Waals surface area contributed by atoms with Crippen molar-refractivity contribution in [1.82, 2.24) is 5.32 Å². The smallest absolute Gasteiger partial charge is 0.225 e. The van der Waals surface area contributed by atoms with Gasteiger partial charge in [-0.05, 0) is 19.3 Å². The predicted octanol–water partition coefficient (Wildman–Crippen LogP) is 2.09. The summed E-state index contributed by atoms with van der Waals surface area (Å²) in [5.74, 6) is 0.266. The Kier molecular flexibility index (Phi) is 3.12. The van der Waals surface area contributed by atoms with Crippen LogP contribution in [0.2, 0.25) is 0 Å². The van der Waals surface area contributed by atoms with Crippen LogP contribution >= 0.6 is 0 Å². The molecular formula is C10H19NO. The summed E-state index contributed by atoms with van der Waals surface area (Å²) in [4.78, 5) is 11.5. The summed E-state index contributed by atoms with van der Waals surface area (Å²) in [6, 6.07) is 0. The van der Waals surface area contributed by atoms with Crippen LogP contribution < -0.4 is 5.32 Å². The quantitative estimate of drug-likeness (QED) is 0.688. The SMILES string of the molecule is CCCCC1(C)CCCNC1=O. The van der Waals surface area contributed by atoms with E-state index in [0.29, 0.717) is 0 Å². The molecule has 1 unspecified atom stereocenters. The van der Waals surface area contributed by atoms with Crippen LogP contribution in [0.4, 0.5) is 0 Å². The zero-order chi connectivity index (χ0) is 9.03. The molecule has 0 aliphatic carbocycles. The summed E-state index contributed by atoms with van der Waals surface area (Å²) in [5, 5.41) is 2.94. The van der Waals surface area contributed by atoms with Crippen molar-refractivity contribution in [2.45, 2.75) is 46.0 Å². The molecule has 1 atom stereocenters. The molecule has 70 valence electrons. The fourth-order valence-electron chi connectivity index (χ4n) is 1.81. The first kappa shape index (κ1) is 9.56. The lowest BCUT2D eigenvalue weighted by atomic mass is 9.78. The van der Waals surface area contributed by atoms with Crippen molar-refractivity contribution < 1.29 is 4.79 Å². The van der Waals surface area contributed by atoms with E-state index in [4.69, 9.17) is 0 Å². The van der Waals surface area contributed by atoms with Gasteiger partial charge in [0.15, 0.2) is 0 Å². The summed E-state index contributed by atoms with van der Waals surface area (Å²) >= 11 is 0. The van der Waals surface area contributed by atoms with Gasteiger partial charge in [-0.3, -0.25) is 4.79 Å². The molecule has 1 amide bonds. The van der Waals surface area contributed by atoms with E-state index in [-0.39, 0.29) is 11.3 Å². The molecule has 1 fully saturated rings. The number of hydrogen-bond acceptors (Lipinski definition) is 1. The monoisotopic (exact) mass is 169 g/mol. The van der Waals surface area contributed by atoms with Crippen molar-refractivity contribution in [3.05, 3.63) is 0 Å². The molecule has 1 aliphatic heterocycles. The third kappa shape index (κ3) is 1.99. The molecule has 1 heterocycles. The van der Waals surface area contributed by atoms with Gasteiger partial charge in [-0.1, -0.05) is 26.7 Å². The van der Waals surface area contributed by atoms with Gasteiger partial charge in [-0.25, -0.2) is 0 Å². The highest BCUT2D eigenvalue weighted by Crippen LogP contribution is 2.32. The fourth-order valence-corrected chi connectivity index (χ4v) is 1.81. The molecule has 0 aromatic heterocycles. The number of hydrogen-bond donors (Lipinski definition) is 1. The predicted molar refractivity (Wildman–Crippen MR) is 49.9 cm³/mol. The lowest BCUT2D eigenvalue weighted by molar-refractivity contribution is -0.133. The Labute approximate surface area is 74.7 Å². The van der Waals surface area contributed by atoms with Crippen LogP contribution in [0.1, 0.15) is 46.0 Å². The Bertz CT molecular complexity index is 167. The zero-order valence-corrected chi connectivity index (χ0v) is 8.15. The fraction of sp³-hybridized carbons (Fsp3) is 0.900. The molecule has 2 nitrogen and oxygen atoms in total. The molecule has 0 saturated carbocycles. The van der Waals surface area contributed by atoms with Crippen LogP contribution in [0.25, 0.3) is 0 Å². The molecular weight excluding hydrogens is 150 g/mol. The van der Waals surface area contributed by atoms with E-state index in [1.165, 1.54) is 12.8 Å². The number of rotatable bonds is 3. The zero-order valence-electron chi connectivity index (χ0n) is 8.15. The van der Waals surface area contributed by atoms with E-state index >= 15 is 0 Å². The van der Waals surface area contributed by atoms with Crippen LogP contribution in [0.15, 0.2) is 0 Å². The van der Waals surface area contributed by atoms with Crippen molar-refractivity contribution in [2.75, 3.05) is 6.54 Å². The van der Waals surface area contributed by atoms with Crippen LogP contribution in [0, 0.1) is 5.41 Å². The Hall–Kier alpha value is -0.530. The maximum absolute atomic E-state index is 11.5. The first-order chi connectivity index (χ1) is 5.69. The first-order valence-electron chi connectivity index (χ1n) is 4.97. The molecule has 0 bridgehead atoms. The molecule has 1 N–H and O–H groups in total. The normalized spacial score (nSPS) is 30.0. The van der Waals surface area contributed by atoms with E-state index in [2.05, 4.69) is 19.2 Å². The standard InChI is InChI=1S/C10H19NO/c1-3-4-6-10(2)7-5-8-11-9(10)12/h3-8H2,1-2H3,(H,11,12). The van der Waals surface area contributed by atoms with Gasteiger partial charge in [0.1, 0.15) is 0 Å². The maximum atomic E-state index is 11.5. The van der Waals surface area contributed by atoms with Gasteiger partial charge in [0.25, 0.3) is 0 Å². The van der Waals surface area contributed by atoms with Gasteiger partial charge < -0.3 is 5.32 Å². The number of amides is 1. The van der Waals surface area contributed by atoms with Gasteiger partial charge in [-0.15, -0.1) is 0 Å². The van der Waals surface area contributed by atoms with Crippen LogP contribution in [0.3, 0.4) is 0 Å². The summed E-state index contributed by atoms with van der Waals surface area (Å²) < 4.78 is 0. The summed E-state index contributed by atoms with van der Waals surface area (Å²) in [6.07, 6.45) is 5.62. The van der Waals surface area contributed by atoms with Crippen LogP contribution in [-0.4, -0.2) is 12.5 Å². The second kappa shape index (κ2) is 3.92. The highest BCUT2D eigenvalue weighted by Gasteiger charge is 2.34. The average molecular weight is 169 g/mol. The maximum Gasteiger partial charge on any atom is 0.225 e. The van der Waals surface area contributed by atoms with Crippen molar-refractivity contribution in [3.63, 3.8) is 0 Å². The lowest BCUT2D eigenvalue weighted by Gasteiger charge is -2.32. The minimum absolute atomic E-state index is 0.0613. The van der Waals surface area contributed by atoms with Crippen LogP contribution in [-0.2, 0) is 4.79 Å². The van der Waals surface area contributed by atoms with Gasteiger partial charge in [0.05, 0.1) is 0 Å². The van der Waals surface area contributed by atoms with E-state index in [1.807, 2.05) is 0 Å². The van der Waals surface area contributed by atoms with E-state index in [1.54, 1.807) is 0 Å². The largest absolute Gasteiger partial charge is 0.356 e. The second-order valence-electron chi connectivity index (χ2n) is 4.02. The van der Waals surface area contributed by atoms with Crippen LogP contribution in [0.5, 0.6) is 0 Å². The molecule has 0 aromatic carbocycles. The highest BCUT2D eigenvalue weighted by atomic mass is 16.2. The van der Waals surface area contributed by atoms with Gasteiger partial charge in [0, 0.05) is 12.0 Å². The molecule has 12 heavy (non-hydrogen) atoms. The van der Waals surface area contributed by atoms with Crippen molar-refractivity contribution in [3.8, 4) is 0 Å². The molecule has 1 saturated heterocycles. The van der Waals surface area contributed by atoms with E-state index < -0.39 is 0 Å². The number of piperidine rings is 1. The topological polar surface area (TPSA) is 29.1 Å². The molecule has 1 aliphatic rings. The molecule has 1 rings (SSSR count). The lowest BCUT2D eigenvalue weighted by Crippen LogP contribution is -2.43. The van der Waals surface area contributed by atoms with Crippen molar-refractivity contribution in [1.29, 1.82) is 0 Å². The molecule has 0 spiro atoms. The Morgan fingerprint density at radius 2 is 2.33 bits per heavy atom. The minimum atomic E-state index is -0.0613. The Morgan fingerprint density at radius 3 is 2.92 bits per heavy atom. The van der Waals surface area contributed by atoms with E-state index in [0.717, 1.165) is 25.8 Å². The van der Waals surface area contributed by atoms with Gasteiger partial charge in [0.2, 0.25) is 5.91 Å². The number of nitrogens with one attached hydrogen (secondary N) is 1. The minimum Gasteiger partial charge on any atom is -0.356 e. The molecule has 2 heteroatoms. The first-order valence-corrected chi connectivity index (χ1v) is 4.97. The Morgan fingerprint density at radius 1 is 1.58 bits per heavy atom. The molecule has 0 radical (unpaired) electrons. The number of carbonyl (C=O) groups excluding carboxylic acids is 1. The van der Waals surface area contributed by atoms with Crippen molar-refractivity contribution >= 4 is 5.91 Å². The highest BCUT2D eigenvalue weighted by molar-refractivity contribution is 5.82. The number of carbonyl (C=O) groups is 1. The third-order valence-electron chi connectivity index (χ3n) is 2.82. The van der Waals surface area contributed by atoms with Crippen molar-refractivity contribution in [2.24, 2.45) is 5.41 Å². The van der Waals surface area contributed by atoms with Gasteiger partial charge >= 0.3 is 0 Å². The average Bonchev–Trinajstić information content (AvgIpc) is 2.07. The summed E-state index contributed by atoms with van der Waals surface area (Å²) in [7, 11) is 0.